The van der Waals surface area contributed by atoms with Crippen molar-refractivity contribution in [2.24, 2.45) is 0 Å². The third-order valence-corrected chi connectivity index (χ3v) is 4.12. The van der Waals surface area contributed by atoms with Gasteiger partial charge in [0.15, 0.2) is 6.10 Å². The molecule has 3 amide bonds. The fraction of sp³-hybridized carbons (Fsp3) is 0.130. The monoisotopic (exact) mass is 389 g/mol. The Morgan fingerprint density at radius 2 is 1.34 bits per heavy atom. The van der Waals surface area contributed by atoms with Crippen LogP contribution in [-0.4, -0.2) is 18.0 Å². The van der Waals surface area contributed by atoms with E-state index in [1.54, 1.807) is 43.3 Å². The molecule has 0 aliphatic carbocycles. The van der Waals surface area contributed by atoms with E-state index in [0.29, 0.717) is 22.8 Å². The van der Waals surface area contributed by atoms with Crippen LogP contribution in [0.2, 0.25) is 0 Å². The Kier molecular flexibility index (Phi) is 6.47. The zero-order chi connectivity index (χ0) is 20.6. The van der Waals surface area contributed by atoms with Crippen molar-refractivity contribution in [2.45, 2.75) is 20.0 Å². The summed E-state index contributed by atoms with van der Waals surface area (Å²) in [6.07, 6.45) is -0.671. The summed E-state index contributed by atoms with van der Waals surface area (Å²) in [6, 6.07) is 23.2. The second kappa shape index (κ2) is 9.41. The number of carbonyl (C=O) groups is 2. The van der Waals surface area contributed by atoms with Gasteiger partial charge < -0.3 is 20.7 Å². The van der Waals surface area contributed by atoms with Crippen molar-refractivity contribution in [3.8, 4) is 5.75 Å². The molecule has 29 heavy (non-hydrogen) atoms. The summed E-state index contributed by atoms with van der Waals surface area (Å²) in [5.41, 5.74) is 2.93. The van der Waals surface area contributed by atoms with Gasteiger partial charge in [-0.1, -0.05) is 42.0 Å². The molecule has 1 atom stereocenters. The summed E-state index contributed by atoms with van der Waals surface area (Å²) in [7, 11) is 0. The van der Waals surface area contributed by atoms with Gasteiger partial charge in [-0.2, -0.15) is 0 Å². The van der Waals surface area contributed by atoms with Crippen molar-refractivity contribution >= 4 is 29.0 Å². The van der Waals surface area contributed by atoms with Crippen LogP contribution in [0.4, 0.5) is 21.9 Å². The summed E-state index contributed by atoms with van der Waals surface area (Å²) >= 11 is 0. The highest BCUT2D eigenvalue weighted by Crippen LogP contribution is 2.18. The van der Waals surface area contributed by atoms with E-state index < -0.39 is 6.10 Å². The lowest BCUT2D eigenvalue weighted by Crippen LogP contribution is -2.30. The molecule has 3 aromatic rings. The highest BCUT2D eigenvalue weighted by Gasteiger charge is 2.15. The summed E-state index contributed by atoms with van der Waals surface area (Å²) in [5.74, 6) is 0.350. The molecule has 6 nitrogen and oxygen atoms in total. The molecule has 3 rings (SSSR count). The number of carbonyl (C=O) groups excluding carboxylic acids is 2. The molecular formula is C23H23N3O3. The minimum Gasteiger partial charge on any atom is -0.481 e. The van der Waals surface area contributed by atoms with Crippen LogP contribution in [0.15, 0.2) is 78.9 Å². The molecule has 0 aromatic heterocycles. The third kappa shape index (κ3) is 6.10. The van der Waals surface area contributed by atoms with Gasteiger partial charge in [0.1, 0.15) is 5.75 Å². The minimum absolute atomic E-state index is 0.281. The number of hydrogen-bond acceptors (Lipinski definition) is 3. The highest BCUT2D eigenvalue weighted by molar-refractivity contribution is 6.00. The van der Waals surface area contributed by atoms with Gasteiger partial charge in [-0.25, -0.2) is 4.79 Å². The minimum atomic E-state index is -0.671. The van der Waals surface area contributed by atoms with Crippen molar-refractivity contribution in [1.29, 1.82) is 0 Å². The SMILES string of the molecule is Cc1ccc(OC(C)C(=O)Nc2cccc(NC(=O)Nc3ccccc3)c2)cc1. The summed E-state index contributed by atoms with van der Waals surface area (Å²) in [5, 5.41) is 8.29. The first-order valence-electron chi connectivity index (χ1n) is 9.27. The largest absolute Gasteiger partial charge is 0.481 e. The molecule has 148 valence electrons. The molecule has 0 spiro atoms. The third-order valence-electron chi connectivity index (χ3n) is 4.12. The maximum absolute atomic E-state index is 12.4. The average Bonchev–Trinajstić information content (AvgIpc) is 2.70. The van der Waals surface area contributed by atoms with Crippen molar-refractivity contribution in [3.63, 3.8) is 0 Å². The average molecular weight is 389 g/mol. The fourth-order valence-electron chi connectivity index (χ4n) is 2.61. The topological polar surface area (TPSA) is 79.5 Å². The number of ether oxygens (including phenoxy) is 1. The molecular weight excluding hydrogens is 366 g/mol. The number of aryl methyl sites for hydroxylation is 1. The van der Waals surface area contributed by atoms with Crippen molar-refractivity contribution in [1.82, 2.24) is 0 Å². The van der Waals surface area contributed by atoms with Crippen LogP contribution in [0.3, 0.4) is 0 Å². The first-order valence-corrected chi connectivity index (χ1v) is 9.27. The van der Waals surface area contributed by atoms with E-state index in [9.17, 15) is 9.59 Å². The number of hydrogen-bond donors (Lipinski definition) is 3. The Hall–Kier alpha value is -3.80. The number of rotatable bonds is 6. The number of amides is 3. The van der Waals surface area contributed by atoms with Crippen LogP contribution >= 0.6 is 0 Å². The first kappa shape index (κ1) is 19.9. The Balaban J connectivity index is 1.56. The quantitative estimate of drug-likeness (QED) is 0.552. The molecule has 0 saturated carbocycles. The van der Waals surface area contributed by atoms with Gasteiger partial charge in [0.2, 0.25) is 0 Å². The lowest BCUT2D eigenvalue weighted by Gasteiger charge is -2.15. The number of nitrogens with one attached hydrogen (secondary N) is 3. The van der Waals surface area contributed by atoms with Crippen LogP contribution < -0.4 is 20.7 Å². The molecule has 3 aromatic carbocycles. The molecule has 3 N–H and O–H groups in total. The van der Waals surface area contributed by atoms with Crippen molar-refractivity contribution < 1.29 is 14.3 Å². The van der Waals surface area contributed by atoms with Crippen molar-refractivity contribution in [3.05, 3.63) is 84.4 Å². The van der Waals surface area contributed by atoms with Gasteiger partial charge in [0.25, 0.3) is 5.91 Å². The fourth-order valence-corrected chi connectivity index (χ4v) is 2.61. The van der Waals surface area contributed by atoms with E-state index in [0.717, 1.165) is 5.56 Å². The van der Waals surface area contributed by atoms with Gasteiger partial charge in [-0.15, -0.1) is 0 Å². The molecule has 1 unspecified atom stereocenters. The lowest BCUT2D eigenvalue weighted by atomic mass is 10.2. The normalized spacial score (nSPS) is 11.2. The maximum atomic E-state index is 12.4. The predicted octanol–water partition coefficient (Wildman–Crippen LogP) is 5.05. The predicted molar refractivity (Wildman–Crippen MR) is 115 cm³/mol. The highest BCUT2D eigenvalue weighted by atomic mass is 16.5. The number of benzene rings is 3. The van der Waals surface area contributed by atoms with Gasteiger partial charge in [-0.3, -0.25) is 4.79 Å². The lowest BCUT2D eigenvalue weighted by molar-refractivity contribution is -0.122. The van der Waals surface area contributed by atoms with E-state index in [1.807, 2.05) is 49.4 Å². The van der Waals surface area contributed by atoms with Crippen LogP contribution in [0.25, 0.3) is 0 Å². The van der Waals surface area contributed by atoms with E-state index in [1.165, 1.54) is 0 Å². The molecule has 0 radical (unpaired) electrons. The zero-order valence-electron chi connectivity index (χ0n) is 16.3. The smallest absolute Gasteiger partial charge is 0.323 e. The molecule has 0 aliphatic rings. The summed E-state index contributed by atoms with van der Waals surface area (Å²) < 4.78 is 5.67. The molecule has 0 saturated heterocycles. The zero-order valence-corrected chi connectivity index (χ0v) is 16.3. The molecule has 0 heterocycles. The number of urea groups is 1. The van der Waals surface area contributed by atoms with E-state index >= 15 is 0 Å². The van der Waals surface area contributed by atoms with Gasteiger partial charge in [-0.05, 0) is 56.3 Å². The Morgan fingerprint density at radius 1 is 0.759 bits per heavy atom. The van der Waals surface area contributed by atoms with Gasteiger partial charge in [0.05, 0.1) is 0 Å². The van der Waals surface area contributed by atoms with E-state index in [2.05, 4.69) is 16.0 Å². The van der Waals surface area contributed by atoms with Crippen LogP contribution in [-0.2, 0) is 4.79 Å². The number of para-hydroxylation sites is 1. The summed E-state index contributed by atoms with van der Waals surface area (Å²) in [4.78, 5) is 24.5. The molecule has 0 aliphatic heterocycles. The molecule has 0 fully saturated rings. The Morgan fingerprint density at radius 3 is 2.03 bits per heavy atom. The molecule has 0 bridgehead atoms. The number of anilines is 3. The van der Waals surface area contributed by atoms with Crippen LogP contribution in [0, 0.1) is 6.92 Å². The Bertz CT molecular complexity index is 972. The first-order chi connectivity index (χ1) is 14.0. The maximum Gasteiger partial charge on any atom is 0.323 e. The van der Waals surface area contributed by atoms with Crippen LogP contribution in [0.5, 0.6) is 5.75 Å². The summed E-state index contributed by atoms with van der Waals surface area (Å²) in [6.45, 7) is 3.67. The van der Waals surface area contributed by atoms with E-state index in [-0.39, 0.29) is 11.9 Å². The van der Waals surface area contributed by atoms with Crippen LogP contribution in [0.1, 0.15) is 12.5 Å². The standard InChI is InChI=1S/C23H23N3O3/c1-16-11-13-21(14-12-16)29-17(2)22(27)24-19-9-6-10-20(15-19)26-23(28)25-18-7-4-3-5-8-18/h3-15,17H,1-2H3,(H,24,27)(H2,25,26,28). The second-order valence-electron chi connectivity index (χ2n) is 6.59. The van der Waals surface area contributed by atoms with E-state index in [4.69, 9.17) is 4.74 Å². The molecule has 6 heteroatoms. The van der Waals surface area contributed by atoms with Gasteiger partial charge >= 0.3 is 6.03 Å². The second-order valence-corrected chi connectivity index (χ2v) is 6.59. The Labute approximate surface area is 169 Å². The van der Waals surface area contributed by atoms with Crippen molar-refractivity contribution in [2.75, 3.05) is 16.0 Å². The van der Waals surface area contributed by atoms with Gasteiger partial charge in [0, 0.05) is 17.1 Å².